The molecule has 172 valence electrons. The lowest BCUT2D eigenvalue weighted by Crippen LogP contribution is -2.10. The number of fused-ring (bicyclic) bond motifs is 1. The molecule has 1 aliphatic rings. The first-order valence-corrected chi connectivity index (χ1v) is 12.1. The van der Waals surface area contributed by atoms with E-state index < -0.39 is 5.97 Å². The highest BCUT2D eigenvalue weighted by atomic mass is 79.9. The maximum absolute atomic E-state index is 11.2. The number of nitrogen functional groups attached to an aromatic ring is 1. The minimum absolute atomic E-state index is 0.223. The van der Waals surface area contributed by atoms with Crippen molar-refractivity contribution in [1.29, 1.82) is 0 Å². The number of aliphatic carboxylic acids is 1. The number of nitrogens with zero attached hydrogens (tertiary/aromatic N) is 3. The van der Waals surface area contributed by atoms with Gasteiger partial charge in [-0.3, -0.25) is 4.79 Å². The van der Waals surface area contributed by atoms with Gasteiger partial charge >= 0.3 is 5.97 Å². The topological polar surface area (TPSA) is 93.5 Å². The van der Waals surface area contributed by atoms with E-state index in [9.17, 15) is 9.90 Å². The van der Waals surface area contributed by atoms with Gasteiger partial charge in [0.1, 0.15) is 5.82 Å². The van der Waals surface area contributed by atoms with Crippen molar-refractivity contribution in [2.45, 2.75) is 51.4 Å². The predicted octanol–water partition coefficient (Wildman–Crippen LogP) is 6.25. The van der Waals surface area contributed by atoms with Crippen LogP contribution in [0.1, 0.15) is 66.8 Å². The van der Waals surface area contributed by atoms with Crippen molar-refractivity contribution in [2.24, 2.45) is 5.92 Å². The summed E-state index contributed by atoms with van der Waals surface area (Å²) in [6.45, 7) is 6.11. The van der Waals surface area contributed by atoms with Crippen LogP contribution in [0.15, 0.2) is 47.6 Å². The van der Waals surface area contributed by atoms with E-state index in [4.69, 9.17) is 10.7 Å². The van der Waals surface area contributed by atoms with Crippen molar-refractivity contribution < 1.29 is 9.90 Å². The maximum atomic E-state index is 11.2. The number of aromatic nitrogens is 3. The van der Waals surface area contributed by atoms with Gasteiger partial charge < -0.3 is 10.8 Å². The minimum Gasteiger partial charge on any atom is -0.481 e. The van der Waals surface area contributed by atoms with Crippen LogP contribution in [0.2, 0.25) is 0 Å². The lowest BCUT2D eigenvalue weighted by atomic mass is 9.93. The number of carbonyl (C=O) groups is 1. The molecule has 0 bridgehead atoms. The molecule has 0 aliphatic heterocycles. The van der Waals surface area contributed by atoms with Gasteiger partial charge in [0.2, 0.25) is 0 Å². The average molecular weight is 509 g/mol. The molecule has 3 aromatic rings. The summed E-state index contributed by atoms with van der Waals surface area (Å²) in [5.41, 5.74) is 12.2. The van der Waals surface area contributed by atoms with Crippen molar-refractivity contribution >= 4 is 45.0 Å². The second-order valence-electron chi connectivity index (χ2n) is 8.82. The number of anilines is 1. The fourth-order valence-electron chi connectivity index (χ4n) is 4.75. The molecule has 33 heavy (non-hydrogen) atoms. The van der Waals surface area contributed by atoms with Gasteiger partial charge in [0.05, 0.1) is 16.4 Å². The standard InChI is InChI=1S/C26H29BrN4O2/c1-3-18(14-20-9-5-4-7-16(20)2)21-15-29-31-25(28)23(27)24(30-26(21)31)19-10-6-8-17(11-12-19)13-22(32)33/h3-5,7,9,14-15,17,19H,1,6,8,10-13,28H2,2H3,(H,32,33)/b18-14+. The van der Waals surface area contributed by atoms with E-state index in [-0.39, 0.29) is 18.3 Å². The van der Waals surface area contributed by atoms with E-state index >= 15 is 0 Å². The highest BCUT2D eigenvalue weighted by Crippen LogP contribution is 2.40. The Bertz CT molecular complexity index is 1230. The van der Waals surface area contributed by atoms with E-state index in [1.807, 2.05) is 18.2 Å². The van der Waals surface area contributed by atoms with E-state index in [1.54, 1.807) is 10.7 Å². The Hall–Kier alpha value is -2.93. The molecular weight excluding hydrogens is 480 g/mol. The van der Waals surface area contributed by atoms with Gasteiger partial charge in [-0.15, -0.1) is 0 Å². The summed E-state index contributed by atoms with van der Waals surface area (Å²) in [4.78, 5) is 16.2. The molecule has 0 saturated heterocycles. The summed E-state index contributed by atoms with van der Waals surface area (Å²) >= 11 is 3.67. The smallest absolute Gasteiger partial charge is 0.303 e. The summed E-state index contributed by atoms with van der Waals surface area (Å²) < 4.78 is 2.44. The van der Waals surface area contributed by atoms with Gasteiger partial charge in [0, 0.05) is 17.9 Å². The first-order chi connectivity index (χ1) is 15.9. The molecule has 0 spiro atoms. The average Bonchev–Trinajstić information content (AvgIpc) is 3.08. The third-order valence-corrected chi connectivity index (χ3v) is 7.43. The number of hydrogen-bond acceptors (Lipinski definition) is 4. The van der Waals surface area contributed by atoms with E-state index in [1.165, 1.54) is 5.56 Å². The monoisotopic (exact) mass is 508 g/mol. The van der Waals surface area contributed by atoms with Crippen LogP contribution >= 0.6 is 15.9 Å². The van der Waals surface area contributed by atoms with Crippen molar-refractivity contribution in [3.05, 3.63) is 70.0 Å². The number of hydrogen-bond donors (Lipinski definition) is 2. The summed E-state index contributed by atoms with van der Waals surface area (Å²) in [5.74, 6) is 0.250. The van der Waals surface area contributed by atoms with E-state index in [2.05, 4.69) is 52.7 Å². The number of rotatable bonds is 6. The van der Waals surface area contributed by atoms with Gasteiger partial charge in [-0.2, -0.15) is 9.61 Å². The molecule has 2 heterocycles. The molecule has 1 fully saturated rings. The van der Waals surface area contributed by atoms with Crippen LogP contribution in [0.25, 0.3) is 17.3 Å². The number of nitrogens with two attached hydrogens (primary N) is 1. The molecule has 1 saturated carbocycles. The third-order valence-electron chi connectivity index (χ3n) is 6.62. The van der Waals surface area contributed by atoms with Gasteiger partial charge in [-0.1, -0.05) is 43.3 Å². The molecule has 2 aromatic heterocycles. The zero-order valence-electron chi connectivity index (χ0n) is 18.8. The fraction of sp³-hybridized carbons (Fsp3) is 0.346. The second kappa shape index (κ2) is 9.91. The van der Waals surface area contributed by atoms with Crippen molar-refractivity contribution in [3.8, 4) is 0 Å². The molecule has 1 aromatic carbocycles. The molecule has 0 radical (unpaired) electrons. The first kappa shape index (κ1) is 23.2. The molecular formula is C26H29BrN4O2. The molecule has 4 rings (SSSR count). The zero-order valence-corrected chi connectivity index (χ0v) is 20.4. The molecule has 1 aliphatic carbocycles. The molecule has 2 unspecified atom stereocenters. The molecule has 2 atom stereocenters. The predicted molar refractivity (Wildman–Crippen MR) is 136 cm³/mol. The van der Waals surface area contributed by atoms with Crippen LogP contribution < -0.4 is 5.73 Å². The lowest BCUT2D eigenvalue weighted by Gasteiger charge is -2.18. The highest BCUT2D eigenvalue weighted by molar-refractivity contribution is 9.10. The first-order valence-electron chi connectivity index (χ1n) is 11.3. The summed E-state index contributed by atoms with van der Waals surface area (Å²) in [6.07, 6.45) is 10.6. The fourth-order valence-corrected chi connectivity index (χ4v) is 5.33. The summed E-state index contributed by atoms with van der Waals surface area (Å²) in [5, 5.41) is 13.7. The van der Waals surface area contributed by atoms with Crippen LogP contribution in [-0.4, -0.2) is 25.7 Å². The number of aryl methyl sites for hydroxylation is 1. The Balaban J connectivity index is 1.74. The number of allylic oxidation sites excluding steroid dienone is 2. The Morgan fingerprint density at radius 1 is 1.30 bits per heavy atom. The van der Waals surface area contributed by atoms with Crippen molar-refractivity contribution in [2.75, 3.05) is 5.73 Å². The van der Waals surface area contributed by atoms with Gasteiger partial charge in [0.15, 0.2) is 5.65 Å². The van der Waals surface area contributed by atoms with Gasteiger partial charge in [-0.25, -0.2) is 4.98 Å². The Labute approximate surface area is 202 Å². The highest BCUT2D eigenvalue weighted by Gasteiger charge is 2.26. The van der Waals surface area contributed by atoms with Crippen LogP contribution in [-0.2, 0) is 4.79 Å². The molecule has 7 heteroatoms. The quantitative estimate of drug-likeness (QED) is 0.303. The van der Waals surface area contributed by atoms with Crippen LogP contribution in [0.3, 0.4) is 0 Å². The number of carboxylic acid groups (broad SMARTS) is 1. The van der Waals surface area contributed by atoms with Crippen molar-refractivity contribution in [3.63, 3.8) is 0 Å². The van der Waals surface area contributed by atoms with Crippen LogP contribution in [0.5, 0.6) is 0 Å². The van der Waals surface area contributed by atoms with Crippen molar-refractivity contribution in [1.82, 2.24) is 14.6 Å². The summed E-state index contributed by atoms with van der Waals surface area (Å²) in [6, 6.07) is 8.20. The maximum Gasteiger partial charge on any atom is 0.303 e. The Kier molecular flexibility index (Phi) is 6.98. The number of carboxylic acids is 1. The van der Waals surface area contributed by atoms with E-state index in [0.29, 0.717) is 11.5 Å². The van der Waals surface area contributed by atoms with Gasteiger partial charge in [0.25, 0.3) is 0 Å². The Morgan fingerprint density at radius 3 is 2.82 bits per heavy atom. The number of benzene rings is 1. The molecule has 3 N–H and O–H groups in total. The third kappa shape index (κ3) is 4.88. The second-order valence-corrected chi connectivity index (χ2v) is 9.61. The summed E-state index contributed by atoms with van der Waals surface area (Å²) in [7, 11) is 0. The van der Waals surface area contributed by atoms with Crippen LogP contribution in [0, 0.1) is 12.8 Å². The van der Waals surface area contributed by atoms with E-state index in [0.717, 1.165) is 59.0 Å². The Morgan fingerprint density at radius 2 is 2.09 bits per heavy atom. The van der Waals surface area contributed by atoms with Crippen LogP contribution in [0.4, 0.5) is 5.82 Å². The largest absolute Gasteiger partial charge is 0.481 e. The molecule has 6 nitrogen and oxygen atoms in total. The normalized spacial score (nSPS) is 19.4. The SMILES string of the molecule is C=C/C(=C\c1ccccc1C)c1cnn2c(N)c(Br)c(C3CCCC(CC(=O)O)CC3)nc12. The lowest BCUT2D eigenvalue weighted by molar-refractivity contribution is -0.138. The number of halogens is 1. The molecule has 0 amide bonds. The van der Waals surface area contributed by atoms with Gasteiger partial charge in [-0.05, 0) is 77.2 Å². The zero-order chi connectivity index (χ0) is 23.5. The minimum atomic E-state index is -0.718.